The van der Waals surface area contributed by atoms with Crippen molar-refractivity contribution in [1.29, 1.82) is 0 Å². The quantitative estimate of drug-likeness (QED) is 0.926. The minimum Gasteiger partial charge on any atom is -0.394 e. The van der Waals surface area contributed by atoms with Gasteiger partial charge in [0.2, 0.25) is 0 Å². The molecule has 0 aliphatic carbocycles. The Balaban J connectivity index is 1.80. The molecule has 1 N–H and O–H groups in total. The minimum atomic E-state index is -0.147. The molecule has 1 aliphatic rings. The maximum absolute atomic E-state index is 9.34. The molecule has 0 radical (unpaired) electrons. The summed E-state index contributed by atoms with van der Waals surface area (Å²) >= 11 is 0. The highest BCUT2D eigenvalue weighted by Crippen LogP contribution is 2.34. The van der Waals surface area contributed by atoms with E-state index in [2.05, 4.69) is 17.1 Å². The van der Waals surface area contributed by atoms with Crippen molar-refractivity contribution in [2.24, 2.45) is 0 Å². The van der Waals surface area contributed by atoms with Crippen LogP contribution in [0.2, 0.25) is 0 Å². The minimum absolute atomic E-state index is 0.0363. The summed E-state index contributed by atoms with van der Waals surface area (Å²) in [6, 6.07) is 16.2. The van der Waals surface area contributed by atoms with E-state index >= 15 is 0 Å². The molecule has 2 atom stereocenters. The molecule has 1 aromatic carbocycles. The molecule has 104 valence electrons. The molecular formula is C16H18N2O2. The molecular weight excluding hydrogens is 252 g/mol. The molecule has 0 saturated carbocycles. The van der Waals surface area contributed by atoms with Crippen LogP contribution in [0, 0.1) is 0 Å². The zero-order valence-corrected chi connectivity index (χ0v) is 11.2. The average Bonchev–Trinajstić information content (AvgIpc) is 2.92. The van der Waals surface area contributed by atoms with Crippen LogP contribution in [-0.4, -0.2) is 27.9 Å². The smallest absolute Gasteiger partial charge is 0.104 e. The number of hydrogen-bond acceptors (Lipinski definition) is 4. The maximum Gasteiger partial charge on any atom is 0.104 e. The number of aliphatic hydroxyl groups is 1. The van der Waals surface area contributed by atoms with Gasteiger partial charge in [0.1, 0.15) is 6.10 Å². The summed E-state index contributed by atoms with van der Waals surface area (Å²) in [5.41, 5.74) is 2.17. The highest BCUT2D eigenvalue weighted by Gasteiger charge is 2.34. The largest absolute Gasteiger partial charge is 0.394 e. The molecule has 0 bridgehead atoms. The van der Waals surface area contributed by atoms with E-state index in [4.69, 9.17) is 4.84 Å². The van der Waals surface area contributed by atoms with Crippen molar-refractivity contribution >= 4 is 0 Å². The molecule has 4 heteroatoms. The predicted octanol–water partition coefficient (Wildman–Crippen LogP) is 2.32. The number of benzene rings is 1. The van der Waals surface area contributed by atoms with Crippen LogP contribution in [0.25, 0.3) is 0 Å². The van der Waals surface area contributed by atoms with E-state index in [-0.39, 0.29) is 18.8 Å². The van der Waals surface area contributed by atoms with E-state index < -0.39 is 0 Å². The van der Waals surface area contributed by atoms with Gasteiger partial charge in [0.15, 0.2) is 0 Å². The topological polar surface area (TPSA) is 45.6 Å². The fourth-order valence-corrected chi connectivity index (χ4v) is 2.53. The number of aliphatic hydroxyl groups excluding tert-OH is 1. The van der Waals surface area contributed by atoms with Crippen molar-refractivity contribution in [3.63, 3.8) is 0 Å². The number of hydrogen-bond donors (Lipinski definition) is 1. The highest BCUT2D eigenvalue weighted by molar-refractivity contribution is 5.16. The van der Waals surface area contributed by atoms with Gasteiger partial charge in [-0.15, -0.1) is 0 Å². The zero-order chi connectivity index (χ0) is 13.8. The standard InChI is InChI=1S/C16H18N2O2/c19-12-14-10-16(15-8-4-5-9-17-15)18(20-14)11-13-6-2-1-3-7-13/h1-9,14,16,19H,10-12H2. The second kappa shape index (κ2) is 6.13. The molecule has 0 amide bonds. The van der Waals surface area contributed by atoms with Crippen molar-refractivity contribution in [3.05, 3.63) is 66.0 Å². The number of hydroxylamine groups is 2. The molecule has 3 rings (SSSR count). The first-order valence-electron chi connectivity index (χ1n) is 6.86. The molecule has 2 unspecified atom stereocenters. The number of nitrogens with zero attached hydrogens (tertiary/aromatic N) is 2. The summed E-state index contributed by atoms with van der Waals surface area (Å²) in [4.78, 5) is 10.2. The molecule has 2 aromatic rings. The van der Waals surface area contributed by atoms with Crippen LogP contribution in [0.5, 0.6) is 0 Å². The lowest BCUT2D eigenvalue weighted by Gasteiger charge is -2.22. The lowest BCUT2D eigenvalue weighted by molar-refractivity contribution is -0.178. The van der Waals surface area contributed by atoms with Crippen LogP contribution >= 0.6 is 0 Å². The third kappa shape index (κ3) is 2.88. The maximum atomic E-state index is 9.34. The first kappa shape index (κ1) is 13.2. The first-order chi connectivity index (χ1) is 9.86. The summed E-state index contributed by atoms with van der Waals surface area (Å²) in [7, 11) is 0. The SMILES string of the molecule is OCC1CC(c2ccccn2)N(Cc2ccccc2)O1. The highest BCUT2D eigenvalue weighted by atomic mass is 16.7. The predicted molar refractivity (Wildman–Crippen MR) is 75.5 cm³/mol. The van der Waals surface area contributed by atoms with Gasteiger partial charge in [-0.2, -0.15) is 5.06 Å². The average molecular weight is 270 g/mol. The van der Waals surface area contributed by atoms with E-state index in [0.717, 1.165) is 12.1 Å². The molecule has 20 heavy (non-hydrogen) atoms. The van der Waals surface area contributed by atoms with Gasteiger partial charge < -0.3 is 5.11 Å². The first-order valence-corrected chi connectivity index (χ1v) is 6.86. The van der Waals surface area contributed by atoms with Crippen LogP contribution in [0.3, 0.4) is 0 Å². The van der Waals surface area contributed by atoms with Crippen molar-refractivity contribution in [1.82, 2.24) is 10.0 Å². The van der Waals surface area contributed by atoms with Gasteiger partial charge in [0.25, 0.3) is 0 Å². The third-order valence-corrected chi connectivity index (χ3v) is 3.53. The summed E-state index contributed by atoms with van der Waals surface area (Å²) in [5.74, 6) is 0. The molecule has 1 aromatic heterocycles. The molecule has 1 aliphatic heterocycles. The molecule has 4 nitrogen and oxygen atoms in total. The Labute approximate surface area is 118 Å². The van der Waals surface area contributed by atoms with Crippen molar-refractivity contribution in [3.8, 4) is 0 Å². The Morgan fingerprint density at radius 2 is 1.95 bits per heavy atom. The van der Waals surface area contributed by atoms with Gasteiger partial charge >= 0.3 is 0 Å². The van der Waals surface area contributed by atoms with E-state index in [9.17, 15) is 5.11 Å². The van der Waals surface area contributed by atoms with Gasteiger partial charge in [0.05, 0.1) is 18.3 Å². The van der Waals surface area contributed by atoms with E-state index in [0.29, 0.717) is 6.54 Å². The van der Waals surface area contributed by atoms with Gasteiger partial charge in [-0.05, 0) is 17.7 Å². The zero-order valence-electron chi connectivity index (χ0n) is 11.2. The summed E-state index contributed by atoms with van der Waals surface area (Å²) in [6.45, 7) is 0.729. The van der Waals surface area contributed by atoms with Crippen LogP contribution in [0.15, 0.2) is 54.7 Å². The lowest BCUT2D eigenvalue weighted by Crippen LogP contribution is -2.23. The Hall–Kier alpha value is -1.75. The monoisotopic (exact) mass is 270 g/mol. The van der Waals surface area contributed by atoms with Crippen LogP contribution < -0.4 is 0 Å². The van der Waals surface area contributed by atoms with Gasteiger partial charge in [-0.3, -0.25) is 9.82 Å². The van der Waals surface area contributed by atoms with Crippen LogP contribution in [0.1, 0.15) is 23.7 Å². The second-order valence-electron chi connectivity index (χ2n) is 4.98. The normalized spacial score (nSPS) is 23.1. The van der Waals surface area contributed by atoms with Crippen molar-refractivity contribution < 1.29 is 9.94 Å². The Morgan fingerprint density at radius 1 is 1.15 bits per heavy atom. The van der Waals surface area contributed by atoms with Crippen molar-refractivity contribution in [2.45, 2.75) is 25.1 Å². The fourth-order valence-electron chi connectivity index (χ4n) is 2.53. The summed E-state index contributed by atoms with van der Waals surface area (Å²) in [5, 5.41) is 11.3. The van der Waals surface area contributed by atoms with E-state index in [1.54, 1.807) is 6.20 Å². The number of rotatable bonds is 4. The van der Waals surface area contributed by atoms with Gasteiger partial charge in [0, 0.05) is 19.2 Å². The Kier molecular flexibility index (Phi) is 4.06. The summed E-state index contributed by atoms with van der Waals surface area (Å²) < 4.78 is 0. The van der Waals surface area contributed by atoms with Gasteiger partial charge in [-0.1, -0.05) is 36.4 Å². The second-order valence-corrected chi connectivity index (χ2v) is 4.98. The molecule has 2 heterocycles. The summed E-state index contributed by atoms with van der Waals surface area (Å²) in [6.07, 6.45) is 2.41. The Morgan fingerprint density at radius 3 is 2.65 bits per heavy atom. The van der Waals surface area contributed by atoms with E-state index in [1.807, 2.05) is 41.5 Å². The lowest BCUT2D eigenvalue weighted by atomic mass is 10.1. The fraction of sp³-hybridized carbons (Fsp3) is 0.312. The number of aromatic nitrogens is 1. The van der Waals surface area contributed by atoms with Gasteiger partial charge in [-0.25, -0.2) is 0 Å². The molecule has 0 spiro atoms. The molecule has 1 saturated heterocycles. The number of pyridine rings is 1. The van der Waals surface area contributed by atoms with Crippen LogP contribution in [0.4, 0.5) is 0 Å². The van der Waals surface area contributed by atoms with Crippen molar-refractivity contribution in [2.75, 3.05) is 6.61 Å². The van der Waals surface area contributed by atoms with E-state index in [1.165, 1.54) is 5.56 Å². The Bertz CT molecular complexity index is 533. The van der Waals surface area contributed by atoms with Crippen LogP contribution in [-0.2, 0) is 11.4 Å². The molecule has 1 fully saturated rings. The third-order valence-electron chi connectivity index (χ3n) is 3.53.